The summed E-state index contributed by atoms with van der Waals surface area (Å²) in [4.78, 5) is 0. The summed E-state index contributed by atoms with van der Waals surface area (Å²) in [6.45, 7) is 3.59. The molecule has 0 aromatic heterocycles. The Kier molecular flexibility index (Phi) is 4.40. The average Bonchev–Trinajstić information content (AvgIpc) is 2.86. The van der Waals surface area contributed by atoms with Gasteiger partial charge in [-0.05, 0) is 66.0 Å². The van der Waals surface area contributed by atoms with Gasteiger partial charge in [0.15, 0.2) is 0 Å². The molecule has 6 atom stereocenters. The fraction of sp³-hybridized carbons (Fsp3) is 0.625. The second kappa shape index (κ2) is 5.77. The van der Waals surface area contributed by atoms with E-state index in [-0.39, 0.29) is 0 Å². The largest absolute Gasteiger partial charge is 0.388 e. The van der Waals surface area contributed by atoms with E-state index in [2.05, 4.69) is 0 Å². The van der Waals surface area contributed by atoms with Gasteiger partial charge in [-0.15, -0.1) is 0 Å². The van der Waals surface area contributed by atoms with Gasteiger partial charge in [0.1, 0.15) is 0 Å². The molecule has 22 heavy (non-hydrogen) atoms. The number of aliphatic hydroxyl groups excluding tert-OH is 2. The van der Waals surface area contributed by atoms with Crippen LogP contribution in [0.15, 0.2) is 24.3 Å². The van der Waals surface area contributed by atoms with Crippen molar-refractivity contribution in [1.82, 2.24) is 0 Å². The maximum absolute atomic E-state index is 10.7. The maximum Gasteiger partial charge on any atom is 0.0875 e. The molecule has 2 aliphatic rings. The highest BCUT2D eigenvalue weighted by atomic mass is 31.1. The number of hydrogen-bond donors (Lipinski definition) is 4. The van der Waals surface area contributed by atoms with Gasteiger partial charge in [0.05, 0.1) is 22.4 Å². The highest BCUT2D eigenvalue weighted by molar-refractivity contribution is 7.74. The normalized spacial score (nSPS) is 45.4. The monoisotopic (exact) mass is 342 g/mol. The van der Waals surface area contributed by atoms with Crippen LogP contribution in [0.3, 0.4) is 0 Å². The second-order valence-corrected chi connectivity index (χ2v) is 12.3. The van der Waals surface area contributed by atoms with Gasteiger partial charge < -0.3 is 20.4 Å². The van der Waals surface area contributed by atoms with E-state index in [0.717, 1.165) is 10.6 Å². The van der Waals surface area contributed by atoms with Gasteiger partial charge in [0, 0.05) is 0 Å². The molecule has 6 heteroatoms. The van der Waals surface area contributed by atoms with Crippen molar-refractivity contribution in [1.29, 1.82) is 0 Å². The molecule has 4 N–H and O–H groups in total. The smallest absolute Gasteiger partial charge is 0.0875 e. The number of aliphatic hydroxyl groups is 4. The van der Waals surface area contributed by atoms with Crippen molar-refractivity contribution in [2.24, 2.45) is 0 Å². The van der Waals surface area contributed by atoms with Crippen LogP contribution in [-0.4, -0.2) is 42.8 Å². The van der Waals surface area contributed by atoms with Crippen LogP contribution < -0.4 is 10.6 Å². The van der Waals surface area contributed by atoms with Gasteiger partial charge in [-0.3, -0.25) is 0 Å². The van der Waals surface area contributed by atoms with Crippen LogP contribution in [0.4, 0.5) is 0 Å². The molecule has 4 nitrogen and oxygen atoms in total. The van der Waals surface area contributed by atoms with Crippen molar-refractivity contribution in [3.8, 4) is 0 Å². The predicted octanol–water partition coefficient (Wildman–Crippen LogP) is 1.54. The third kappa shape index (κ3) is 2.75. The molecular weight excluding hydrogens is 318 g/mol. The minimum absolute atomic E-state index is 0.522. The zero-order chi connectivity index (χ0) is 16.1. The van der Waals surface area contributed by atoms with Gasteiger partial charge in [-0.2, -0.15) is 0 Å². The van der Waals surface area contributed by atoms with Crippen LogP contribution in [0, 0.1) is 0 Å². The lowest BCUT2D eigenvalue weighted by molar-refractivity contribution is 0.147. The third-order valence-corrected chi connectivity index (χ3v) is 11.0. The molecule has 2 saturated heterocycles. The lowest BCUT2D eigenvalue weighted by atomic mass is 10.2. The van der Waals surface area contributed by atoms with E-state index in [1.54, 1.807) is 13.8 Å². The summed E-state index contributed by atoms with van der Waals surface area (Å²) < 4.78 is 0. The van der Waals surface area contributed by atoms with Crippen LogP contribution in [0.2, 0.25) is 0 Å². The van der Waals surface area contributed by atoms with Crippen molar-refractivity contribution in [3.63, 3.8) is 0 Å². The summed E-state index contributed by atoms with van der Waals surface area (Å²) in [5.41, 5.74) is 0. The van der Waals surface area contributed by atoms with Crippen LogP contribution in [0.5, 0.6) is 0 Å². The van der Waals surface area contributed by atoms with E-state index >= 15 is 0 Å². The highest BCUT2D eigenvalue weighted by Crippen LogP contribution is 2.63. The van der Waals surface area contributed by atoms with Crippen LogP contribution in [0.1, 0.15) is 39.5 Å². The maximum atomic E-state index is 10.7. The molecule has 0 spiro atoms. The van der Waals surface area contributed by atoms with Crippen LogP contribution in [-0.2, 0) is 0 Å². The van der Waals surface area contributed by atoms with Gasteiger partial charge >= 0.3 is 0 Å². The van der Waals surface area contributed by atoms with E-state index in [1.165, 1.54) is 0 Å². The van der Waals surface area contributed by atoms with E-state index in [1.807, 2.05) is 24.3 Å². The van der Waals surface area contributed by atoms with Crippen LogP contribution in [0.25, 0.3) is 0 Å². The first-order valence-corrected chi connectivity index (χ1v) is 10.5. The lowest BCUT2D eigenvalue weighted by Crippen LogP contribution is -2.36. The van der Waals surface area contributed by atoms with Crippen molar-refractivity contribution in [2.75, 3.05) is 0 Å². The first-order chi connectivity index (χ1) is 10.2. The molecule has 3 rings (SSSR count). The third-order valence-electron chi connectivity index (χ3n) is 4.79. The molecular formula is C16H24O4P2. The SMILES string of the molecule is CC1(O)CCC(O)P1c1ccccc1P1C(O)CCC1(C)O. The first kappa shape index (κ1) is 16.8. The average molecular weight is 342 g/mol. The Hall–Kier alpha value is -0.0800. The standard InChI is InChI=1S/C16H24O4P2/c1-15(19)9-7-13(17)21(15)11-5-3-4-6-12(11)22-14(18)8-10-16(22,2)20/h3-6,13-14,17-20H,7-10H2,1-2H3. The predicted molar refractivity (Wildman–Crippen MR) is 91.3 cm³/mol. The Bertz CT molecular complexity index is 512. The minimum Gasteiger partial charge on any atom is -0.388 e. The molecule has 2 fully saturated rings. The van der Waals surface area contributed by atoms with Gasteiger partial charge in [0.25, 0.3) is 0 Å². The molecule has 0 bridgehead atoms. The Morgan fingerprint density at radius 2 is 1.23 bits per heavy atom. The molecule has 0 saturated carbocycles. The van der Waals surface area contributed by atoms with E-state index in [4.69, 9.17) is 0 Å². The van der Waals surface area contributed by atoms with E-state index in [9.17, 15) is 20.4 Å². The molecule has 2 aliphatic heterocycles. The van der Waals surface area contributed by atoms with Crippen LogP contribution >= 0.6 is 15.8 Å². The Labute approximate surface area is 133 Å². The fourth-order valence-corrected chi connectivity index (χ4v) is 9.92. The van der Waals surface area contributed by atoms with E-state index in [0.29, 0.717) is 25.7 Å². The Balaban J connectivity index is 2.08. The van der Waals surface area contributed by atoms with Crippen molar-refractivity contribution in [2.45, 2.75) is 61.9 Å². The Morgan fingerprint density at radius 1 is 0.864 bits per heavy atom. The summed E-state index contributed by atoms with van der Waals surface area (Å²) >= 11 is 0. The van der Waals surface area contributed by atoms with Gasteiger partial charge in [-0.1, -0.05) is 24.3 Å². The zero-order valence-electron chi connectivity index (χ0n) is 13.0. The molecule has 1 aromatic carbocycles. The summed E-state index contributed by atoms with van der Waals surface area (Å²) in [5.74, 6) is -1.04. The number of benzene rings is 1. The molecule has 1 aromatic rings. The van der Waals surface area contributed by atoms with Crippen molar-refractivity contribution in [3.05, 3.63) is 24.3 Å². The molecule has 0 amide bonds. The van der Waals surface area contributed by atoms with Gasteiger partial charge in [0.2, 0.25) is 0 Å². The van der Waals surface area contributed by atoms with Crippen molar-refractivity contribution < 1.29 is 20.4 Å². The second-order valence-electron chi connectivity index (χ2n) is 6.70. The Morgan fingerprint density at radius 3 is 1.50 bits per heavy atom. The van der Waals surface area contributed by atoms with E-state index < -0.39 is 38.2 Å². The molecule has 122 valence electrons. The summed E-state index contributed by atoms with van der Waals surface area (Å²) in [6.07, 6.45) is 2.38. The molecule has 6 unspecified atom stereocenters. The quantitative estimate of drug-likeness (QED) is 0.615. The summed E-state index contributed by atoms with van der Waals surface area (Å²) in [5, 5.41) is 42.3. The number of hydrogen-bond acceptors (Lipinski definition) is 4. The lowest BCUT2D eigenvalue weighted by Gasteiger charge is -2.35. The molecule has 0 aliphatic carbocycles. The minimum atomic E-state index is -1.14. The number of rotatable bonds is 2. The molecule has 0 radical (unpaired) electrons. The topological polar surface area (TPSA) is 80.9 Å². The van der Waals surface area contributed by atoms with Gasteiger partial charge in [-0.25, -0.2) is 0 Å². The highest BCUT2D eigenvalue weighted by Gasteiger charge is 2.49. The fourth-order valence-electron chi connectivity index (χ4n) is 3.66. The van der Waals surface area contributed by atoms with Crippen molar-refractivity contribution >= 4 is 26.5 Å². The molecule has 2 heterocycles. The first-order valence-electron chi connectivity index (χ1n) is 7.73. The zero-order valence-corrected chi connectivity index (χ0v) is 14.8. The summed E-state index contributed by atoms with van der Waals surface area (Å²) in [6, 6.07) is 7.73. The summed E-state index contributed by atoms with van der Waals surface area (Å²) in [7, 11) is -2.27.